The van der Waals surface area contributed by atoms with E-state index >= 15 is 0 Å². The van der Waals surface area contributed by atoms with Gasteiger partial charge in [-0.2, -0.15) is 0 Å². The molecule has 0 spiro atoms. The van der Waals surface area contributed by atoms with Crippen molar-refractivity contribution in [3.05, 3.63) is 88.9 Å². The minimum atomic E-state index is -0.871. The molecular weight excluding hydrogens is 458 g/mol. The van der Waals surface area contributed by atoms with Crippen LogP contribution in [0.25, 0.3) is 5.76 Å². The van der Waals surface area contributed by atoms with Crippen molar-refractivity contribution in [2.45, 2.75) is 46.2 Å². The number of likely N-dealkylation sites (tertiary alicyclic amines) is 1. The molecule has 1 atom stereocenters. The number of nitrogens with zero attached hydrogens (tertiary/aromatic N) is 1. The number of ether oxygens (including phenoxy) is 2. The third-order valence-electron chi connectivity index (χ3n) is 6.12. The van der Waals surface area contributed by atoms with E-state index in [4.69, 9.17) is 13.9 Å². The molecule has 2 heterocycles. The van der Waals surface area contributed by atoms with E-state index < -0.39 is 17.7 Å². The number of carbonyl (C=O) groups is 2. The summed E-state index contributed by atoms with van der Waals surface area (Å²) in [5.41, 5.74) is 2.13. The summed E-state index contributed by atoms with van der Waals surface area (Å²) in [5.74, 6) is 0.222. The summed E-state index contributed by atoms with van der Waals surface area (Å²) in [7, 11) is 0. The number of carbonyl (C=O) groups excluding carboxylic acids is 2. The van der Waals surface area contributed by atoms with E-state index in [0.29, 0.717) is 30.3 Å². The SMILES string of the molecule is CCOc1cccc(CN2C(=O)C(=O)/C(=C(\O)c3ccc(OCC)c(C(C)C)c3)C2c2ccco2)c1. The van der Waals surface area contributed by atoms with Crippen LogP contribution in [-0.2, 0) is 16.1 Å². The largest absolute Gasteiger partial charge is 0.507 e. The minimum absolute atomic E-state index is 0.00483. The lowest BCUT2D eigenvalue weighted by Crippen LogP contribution is -2.29. The first-order valence-corrected chi connectivity index (χ1v) is 12.2. The predicted molar refractivity (Wildman–Crippen MR) is 136 cm³/mol. The van der Waals surface area contributed by atoms with Crippen LogP contribution >= 0.6 is 0 Å². The molecule has 7 heteroatoms. The smallest absolute Gasteiger partial charge is 0.296 e. The van der Waals surface area contributed by atoms with Gasteiger partial charge < -0.3 is 23.9 Å². The highest BCUT2D eigenvalue weighted by Gasteiger charge is 2.47. The van der Waals surface area contributed by atoms with E-state index in [9.17, 15) is 14.7 Å². The zero-order valence-corrected chi connectivity index (χ0v) is 21.0. The zero-order chi connectivity index (χ0) is 25.8. The number of furan rings is 1. The highest BCUT2D eigenvalue weighted by atomic mass is 16.5. The average molecular weight is 490 g/mol. The molecule has 1 aromatic heterocycles. The molecule has 1 N–H and O–H groups in total. The molecule has 1 amide bonds. The summed E-state index contributed by atoms with van der Waals surface area (Å²) in [5, 5.41) is 11.4. The third kappa shape index (κ3) is 4.87. The van der Waals surface area contributed by atoms with Crippen molar-refractivity contribution in [2.75, 3.05) is 13.2 Å². The van der Waals surface area contributed by atoms with Crippen molar-refractivity contribution in [3.8, 4) is 11.5 Å². The molecule has 1 saturated heterocycles. The first-order valence-electron chi connectivity index (χ1n) is 12.2. The Kier molecular flexibility index (Phi) is 7.48. The minimum Gasteiger partial charge on any atom is -0.507 e. The Morgan fingerprint density at radius 2 is 1.81 bits per heavy atom. The quantitative estimate of drug-likeness (QED) is 0.231. The molecule has 4 rings (SSSR count). The first-order chi connectivity index (χ1) is 17.3. The predicted octanol–water partition coefficient (Wildman–Crippen LogP) is 5.82. The summed E-state index contributed by atoms with van der Waals surface area (Å²) < 4.78 is 17.0. The molecule has 36 heavy (non-hydrogen) atoms. The molecule has 2 aromatic carbocycles. The standard InChI is InChI=1S/C29H31NO6/c1-5-34-21-10-7-9-19(15-21)17-30-26(24-11-8-14-36-24)25(28(32)29(30)33)27(31)20-12-13-23(35-6-2)22(16-20)18(3)4/h7-16,18,26,31H,5-6,17H2,1-4H3/b27-25-. The van der Waals surface area contributed by atoms with Gasteiger partial charge in [0, 0.05) is 12.1 Å². The van der Waals surface area contributed by atoms with Gasteiger partial charge in [0.25, 0.3) is 11.7 Å². The van der Waals surface area contributed by atoms with Gasteiger partial charge in [-0.1, -0.05) is 26.0 Å². The number of rotatable bonds is 9. The number of amides is 1. The fraction of sp³-hybridized carbons (Fsp3) is 0.310. The maximum atomic E-state index is 13.3. The Morgan fingerprint density at radius 3 is 2.47 bits per heavy atom. The van der Waals surface area contributed by atoms with Gasteiger partial charge in [-0.05, 0) is 73.4 Å². The highest BCUT2D eigenvalue weighted by Crippen LogP contribution is 2.41. The van der Waals surface area contributed by atoms with Gasteiger partial charge in [0.05, 0.1) is 25.1 Å². The van der Waals surface area contributed by atoms with Crippen LogP contribution in [0.2, 0.25) is 0 Å². The van der Waals surface area contributed by atoms with Crippen molar-refractivity contribution < 1.29 is 28.6 Å². The second-order valence-corrected chi connectivity index (χ2v) is 8.86. The molecule has 0 aliphatic carbocycles. The van der Waals surface area contributed by atoms with Gasteiger partial charge in [0.2, 0.25) is 0 Å². The number of hydrogen-bond acceptors (Lipinski definition) is 6. The van der Waals surface area contributed by atoms with Crippen molar-refractivity contribution in [2.24, 2.45) is 0 Å². The van der Waals surface area contributed by atoms with Crippen LogP contribution in [0.15, 0.2) is 70.9 Å². The van der Waals surface area contributed by atoms with Gasteiger partial charge in [0.15, 0.2) is 0 Å². The van der Waals surface area contributed by atoms with Crippen LogP contribution in [0.3, 0.4) is 0 Å². The number of hydrogen-bond donors (Lipinski definition) is 1. The Morgan fingerprint density at radius 1 is 1.03 bits per heavy atom. The topological polar surface area (TPSA) is 89.2 Å². The van der Waals surface area contributed by atoms with E-state index in [0.717, 1.165) is 16.9 Å². The lowest BCUT2D eigenvalue weighted by molar-refractivity contribution is -0.140. The zero-order valence-electron chi connectivity index (χ0n) is 21.0. The molecule has 0 saturated carbocycles. The van der Waals surface area contributed by atoms with Gasteiger partial charge in [-0.25, -0.2) is 0 Å². The summed E-state index contributed by atoms with van der Waals surface area (Å²) >= 11 is 0. The molecule has 188 valence electrons. The summed E-state index contributed by atoms with van der Waals surface area (Å²) in [6.07, 6.45) is 1.49. The lowest BCUT2D eigenvalue weighted by Gasteiger charge is -2.23. The third-order valence-corrected chi connectivity index (χ3v) is 6.12. The van der Waals surface area contributed by atoms with Gasteiger partial charge in [-0.15, -0.1) is 0 Å². The Balaban J connectivity index is 1.80. The van der Waals surface area contributed by atoms with Crippen molar-refractivity contribution in [1.82, 2.24) is 4.90 Å². The monoisotopic (exact) mass is 489 g/mol. The fourth-order valence-corrected chi connectivity index (χ4v) is 4.47. The second kappa shape index (κ2) is 10.7. The molecule has 0 bridgehead atoms. The maximum Gasteiger partial charge on any atom is 0.296 e. The van der Waals surface area contributed by atoms with Gasteiger partial charge in [-0.3, -0.25) is 9.59 Å². The van der Waals surface area contributed by atoms with Crippen LogP contribution in [0.1, 0.15) is 62.1 Å². The molecule has 1 fully saturated rings. The van der Waals surface area contributed by atoms with Crippen LogP contribution in [0.4, 0.5) is 0 Å². The van der Waals surface area contributed by atoms with Crippen LogP contribution in [-0.4, -0.2) is 34.9 Å². The molecular formula is C29H31NO6. The summed E-state index contributed by atoms with van der Waals surface area (Å²) in [6, 6.07) is 15.2. The Bertz CT molecular complexity index is 1270. The number of Topliss-reactive ketones (excluding diaryl/α,β-unsaturated/α-hetero) is 1. The van der Waals surface area contributed by atoms with Gasteiger partial charge in [0.1, 0.15) is 29.1 Å². The normalized spacial score (nSPS) is 17.1. The van der Waals surface area contributed by atoms with Crippen LogP contribution in [0, 0.1) is 0 Å². The Labute approximate surface area is 210 Å². The first kappa shape index (κ1) is 25.1. The number of ketones is 1. The van der Waals surface area contributed by atoms with Crippen LogP contribution in [0.5, 0.6) is 11.5 Å². The number of aliphatic hydroxyl groups excluding tert-OH is 1. The van der Waals surface area contributed by atoms with E-state index in [1.807, 2.05) is 58.0 Å². The highest BCUT2D eigenvalue weighted by molar-refractivity contribution is 6.46. The van der Waals surface area contributed by atoms with Crippen molar-refractivity contribution in [3.63, 3.8) is 0 Å². The lowest BCUT2D eigenvalue weighted by atomic mass is 9.95. The van der Waals surface area contributed by atoms with E-state index in [-0.39, 0.29) is 23.8 Å². The Hall–Kier alpha value is -4.00. The molecule has 1 aliphatic heterocycles. The molecule has 3 aromatic rings. The molecule has 1 aliphatic rings. The average Bonchev–Trinajstić information content (AvgIpc) is 3.47. The fourth-order valence-electron chi connectivity index (χ4n) is 4.47. The molecule has 7 nitrogen and oxygen atoms in total. The summed E-state index contributed by atoms with van der Waals surface area (Å²) in [4.78, 5) is 27.9. The van der Waals surface area contributed by atoms with E-state index in [2.05, 4.69) is 0 Å². The van der Waals surface area contributed by atoms with E-state index in [1.54, 1.807) is 24.3 Å². The molecule has 0 radical (unpaired) electrons. The van der Waals surface area contributed by atoms with E-state index in [1.165, 1.54) is 11.2 Å². The number of benzene rings is 2. The van der Waals surface area contributed by atoms with Crippen molar-refractivity contribution >= 4 is 17.4 Å². The number of aliphatic hydroxyl groups is 1. The van der Waals surface area contributed by atoms with Crippen molar-refractivity contribution in [1.29, 1.82) is 0 Å². The second-order valence-electron chi connectivity index (χ2n) is 8.86. The van der Waals surface area contributed by atoms with Crippen LogP contribution < -0.4 is 9.47 Å². The molecule has 1 unspecified atom stereocenters. The van der Waals surface area contributed by atoms with Gasteiger partial charge >= 0.3 is 0 Å². The maximum absolute atomic E-state index is 13.3. The summed E-state index contributed by atoms with van der Waals surface area (Å²) in [6.45, 7) is 9.04.